The van der Waals surface area contributed by atoms with Crippen molar-refractivity contribution in [1.82, 2.24) is 0 Å². The Morgan fingerprint density at radius 3 is 2.93 bits per heavy atom. The van der Waals surface area contributed by atoms with Crippen LogP contribution in [-0.2, 0) is 5.75 Å². The Labute approximate surface area is 107 Å². The number of thiophene rings is 1. The van der Waals surface area contributed by atoms with Crippen LogP contribution in [0.1, 0.15) is 19.4 Å². The molecule has 1 aromatic heterocycles. The smallest absolute Gasteiger partial charge is 0.0487 e. The molecule has 0 N–H and O–H groups in total. The Bertz CT molecular complexity index is 460. The van der Waals surface area contributed by atoms with Crippen LogP contribution in [0.15, 0.2) is 28.1 Å². The zero-order valence-electron chi connectivity index (χ0n) is 8.79. The Hall–Kier alpha value is 0.01000. The van der Waals surface area contributed by atoms with E-state index >= 15 is 0 Å². The maximum absolute atomic E-state index is 3.59. The van der Waals surface area contributed by atoms with E-state index < -0.39 is 0 Å². The summed E-state index contributed by atoms with van der Waals surface area (Å²) in [4.78, 5) is 0. The standard InChI is InChI=1S/C12H13BrS2/c1-8(2)14-6-9-7-15-12-10(9)4-3-5-11(12)13/h3-5,7-8H,6H2,1-2H3. The molecule has 0 unspecified atom stereocenters. The first-order valence-corrected chi connectivity index (χ1v) is 7.67. The predicted molar refractivity (Wildman–Crippen MR) is 76.0 cm³/mol. The Morgan fingerprint density at radius 2 is 2.20 bits per heavy atom. The maximum Gasteiger partial charge on any atom is 0.0487 e. The molecule has 0 saturated carbocycles. The first-order valence-electron chi connectivity index (χ1n) is 4.94. The van der Waals surface area contributed by atoms with Crippen molar-refractivity contribution in [2.75, 3.05) is 0 Å². The lowest BCUT2D eigenvalue weighted by Crippen LogP contribution is -1.87. The molecule has 0 aliphatic carbocycles. The molecule has 1 heterocycles. The molecule has 0 spiro atoms. The van der Waals surface area contributed by atoms with E-state index in [2.05, 4.69) is 53.4 Å². The van der Waals surface area contributed by atoms with E-state index in [-0.39, 0.29) is 0 Å². The van der Waals surface area contributed by atoms with E-state index in [9.17, 15) is 0 Å². The van der Waals surface area contributed by atoms with E-state index in [4.69, 9.17) is 0 Å². The van der Waals surface area contributed by atoms with Gasteiger partial charge >= 0.3 is 0 Å². The summed E-state index contributed by atoms with van der Waals surface area (Å²) in [6.45, 7) is 4.49. The Balaban J connectivity index is 2.33. The van der Waals surface area contributed by atoms with Gasteiger partial charge in [0.25, 0.3) is 0 Å². The van der Waals surface area contributed by atoms with Gasteiger partial charge in [0.2, 0.25) is 0 Å². The van der Waals surface area contributed by atoms with Crippen LogP contribution in [0.3, 0.4) is 0 Å². The number of thioether (sulfide) groups is 1. The molecular formula is C12H13BrS2. The summed E-state index contributed by atoms with van der Waals surface area (Å²) in [5, 5.41) is 4.39. The second-order valence-corrected chi connectivity index (χ2v) is 7.04. The van der Waals surface area contributed by atoms with Crippen molar-refractivity contribution in [3.63, 3.8) is 0 Å². The SMILES string of the molecule is CC(C)SCc1csc2c(Br)cccc12. The quantitative estimate of drug-likeness (QED) is 0.740. The second kappa shape index (κ2) is 4.89. The van der Waals surface area contributed by atoms with Crippen molar-refractivity contribution in [2.24, 2.45) is 0 Å². The van der Waals surface area contributed by atoms with E-state index in [1.165, 1.54) is 20.1 Å². The molecule has 0 radical (unpaired) electrons. The number of hydrogen-bond acceptors (Lipinski definition) is 2. The zero-order chi connectivity index (χ0) is 10.8. The third-order valence-electron chi connectivity index (χ3n) is 2.20. The van der Waals surface area contributed by atoms with Gasteiger partial charge in [-0.05, 0) is 43.6 Å². The second-order valence-electron chi connectivity index (χ2n) is 3.74. The minimum absolute atomic E-state index is 0.701. The molecule has 0 nitrogen and oxygen atoms in total. The molecule has 80 valence electrons. The van der Waals surface area contributed by atoms with E-state index in [1.807, 2.05) is 23.1 Å². The number of rotatable bonds is 3. The van der Waals surface area contributed by atoms with Crippen molar-refractivity contribution >= 4 is 49.1 Å². The Kier molecular flexibility index (Phi) is 3.75. The van der Waals surface area contributed by atoms with Crippen molar-refractivity contribution in [3.8, 4) is 0 Å². The van der Waals surface area contributed by atoms with Gasteiger partial charge in [-0.25, -0.2) is 0 Å². The van der Waals surface area contributed by atoms with Crippen LogP contribution in [0.2, 0.25) is 0 Å². The maximum atomic E-state index is 3.59. The molecule has 0 atom stereocenters. The number of benzene rings is 1. The van der Waals surface area contributed by atoms with Gasteiger partial charge < -0.3 is 0 Å². The van der Waals surface area contributed by atoms with Gasteiger partial charge in [0, 0.05) is 14.9 Å². The van der Waals surface area contributed by atoms with Crippen LogP contribution in [0.4, 0.5) is 0 Å². The van der Waals surface area contributed by atoms with Gasteiger partial charge in [-0.2, -0.15) is 11.8 Å². The highest BCUT2D eigenvalue weighted by Crippen LogP contribution is 2.34. The highest BCUT2D eigenvalue weighted by Gasteiger charge is 2.06. The fourth-order valence-corrected chi connectivity index (χ4v) is 3.92. The molecule has 2 rings (SSSR count). The van der Waals surface area contributed by atoms with Gasteiger partial charge in [-0.1, -0.05) is 26.0 Å². The van der Waals surface area contributed by atoms with Crippen molar-refractivity contribution < 1.29 is 0 Å². The first-order chi connectivity index (χ1) is 7.18. The minimum atomic E-state index is 0.701. The minimum Gasteiger partial charge on any atom is -0.154 e. The van der Waals surface area contributed by atoms with Gasteiger partial charge in [0.05, 0.1) is 0 Å². The molecule has 0 aliphatic rings. The summed E-state index contributed by atoms with van der Waals surface area (Å²) in [5.41, 5.74) is 1.47. The summed E-state index contributed by atoms with van der Waals surface area (Å²) >= 11 is 7.43. The monoisotopic (exact) mass is 300 g/mol. The van der Waals surface area contributed by atoms with Crippen LogP contribution < -0.4 is 0 Å². The summed E-state index contributed by atoms with van der Waals surface area (Å²) < 4.78 is 2.59. The fourth-order valence-electron chi connectivity index (χ4n) is 1.44. The molecular weight excluding hydrogens is 288 g/mol. The molecule has 0 fully saturated rings. The number of fused-ring (bicyclic) bond motifs is 1. The van der Waals surface area contributed by atoms with Crippen LogP contribution in [0, 0.1) is 0 Å². The number of halogens is 1. The molecule has 1 aromatic carbocycles. The first kappa shape index (κ1) is 11.5. The molecule has 0 saturated heterocycles. The summed E-state index contributed by atoms with van der Waals surface area (Å²) in [5.74, 6) is 1.12. The average Bonchev–Trinajstić information content (AvgIpc) is 2.59. The highest BCUT2D eigenvalue weighted by molar-refractivity contribution is 9.10. The van der Waals surface area contributed by atoms with Crippen molar-refractivity contribution in [1.29, 1.82) is 0 Å². The fraction of sp³-hybridized carbons (Fsp3) is 0.333. The molecule has 15 heavy (non-hydrogen) atoms. The largest absolute Gasteiger partial charge is 0.154 e. The van der Waals surface area contributed by atoms with E-state index in [0.717, 1.165) is 5.75 Å². The third kappa shape index (κ3) is 2.58. The summed E-state index contributed by atoms with van der Waals surface area (Å²) in [6.07, 6.45) is 0. The van der Waals surface area contributed by atoms with Crippen molar-refractivity contribution in [2.45, 2.75) is 24.9 Å². The highest BCUT2D eigenvalue weighted by atomic mass is 79.9. The lowest BCUT2D eigenvalue weighted by molar-refractivity contribution is 1.11. The predicted octanol–water partition coefficient (Wildman–Crippen LogP) is 5.31. The summed E-state index contributed by atoms with van der Waals surface area (Å²) in [7, 11) is 0. The zero-order valence-corrected chi connectivity index (χ0v) is 12.0. The van der Waals surface area contributed by atoms with Gasteiger partial charge in [-0.15, -0.1) is 11.3 Å². The third-order valence-corrected chi connectivity index (χ3v) is 5.35. The van der Waals surface area contributed by atoms with E-state index in [0.29, 0.717) is 5.25 Å². The lowest BCUT2D eigenvalue weighted by atomic mass is 10.2. The van der Waals surface area contributed by atoms with Crippen LogP contribution >= 0.6 is 39.0 Å². The number of hydrogen-bond donors (Lipinski definition) is 0. The lowest BCUT2D eigenvalue weighted by Gasteiger charge is -2.03. The molecule has 2 aromatic rings. The average molecular weight is 301 g/mol. The topological polar surface area (TPSA) is 0 Å². The van der Waals surface area contributed by atoms with Gasteiger partial charge in [-0.3, -0.25) is 0 Å². The van der Waals surface area contributed by atoms with Crippen LogP contribution in [0.25, 0.3) is 10.1 Å². The summed E-state index contributed by atoms with van der Waals surface area (Å²) in [6, 6.07) is 6.44. The van der Waals surface area contributed by atoms with Crippen LogP contribution in [-0.4, -0.2) is 5.25 Å². The van der Waals surface area contributed by atoms with Crippen molar-refractivity contribution in [3.05, 3.63) is 33.6 Å². The van der Waals surface area contributed by atoms with E-state index in [1.54, 1.807) is 0 Å². The van der Waals surface area contributed by atoms with Gasteiger partial charge in [0.1, 0.15) is 0 Å². The van der Waals surface area contributed by atoms with Gasteiger partial charge in [0.15, 0.2) is 0 Å². The van der Waals surface area contributed by atoms with Crippen LogP contribution in [0.5, 0.6) is 0 Å². The normalized spacial score (nSPS) is 11.5. The Morgan fingerprint density at radius 1 is 1.40 bits per heavy atom. The molecule has 0 amide bonds. The molecule has 3 heteroatoms. The molecule has 0 aliphatic heterocycles. The molecule has 0 bridgehead atoms.